The van der Waals surface area contributed by atoms with Crippen LogP contribution in [-0.2, 0) is 6.54 Å². The fourth-order valence-corrected chi connectivity index (χ4v) is 7.33. The number of aromatic nitrogens is 1. The van der Waals surface area contributed by atoms with E-state index in [1.54, 1.807) is 7.11 Å². The Kier molecular flexibility index (Phi) is 4.15. The third kappa shape index (κ3) is 2.93. The highest BCUT2D eigenvalue weighted by molar-refractivity contribution is 5.76. The van der Waals surface area contributed by atoms with Gasteiger partial charge in [-0.2, -0.15) is 0 Å². The lowest BCUT2D eigenvalue weighted by atomic mass is 9.53. The third-order valence-corrected chi connectivity index (χ3v) is 8.12. The molecule has 1 unspecified atom stereocenters. The fraction of sp³-hybridized carbons (Fsp3) is 0.560. The number of urea groups is 1. The van der Waals surface area contributed by atoms with Crippen molar-refractivity contribution in [3.63, 3.8) is 0 Å². The minimum absolute atomic E-state index is 0.0319. The summed E-state index contributed by atoms with van der Waals surface area (Å²) in [6.45, 7) is 1.57. The summed E-state index contributed by atoms with van der Waals surface area (Å²) in [5.74, 6) is 3.30. The molecule has 5 heteroatoms. The molecule has 4 aliphatic carbocycles. The van der Waals surface area contributed by atoms with Gasteiger partial charge in [0, 0.05) is 30.5 Å². The molecule has 4 bridgehead atoms. The highest BCUT2D eigenvalue weighted by Crippen LogP contribution is 2.55. The first-order valence-electron chi connectivity index (χ1n) is 11.5. The highest BCUT2D eigenvalue weighted by Gasteiger charge is 2.52. The minimum Gasteiger partial charge on any atom is -0.497 e. The summed E-state index contributed by atoms with van der Waals surface area (Å²) in [5, 5.41) is 3.59. The summed E-state index contributed by atoms with van der Waals surface area (Å²) in [6, 6.07) is 12.4. The number of nitrogens with zero attached hydrogens (tertiary/aromatic N) is 2. The Bertz CT molecular complexity index is 930. The molecule has 4 saturated carbocycles. The maximum atomic E-state index is 13.7. The van der Waals surface area contributed by atoms with Crippen LogP contribution in [0.15, 0.2) is 42.6 Å². The molecule has 1 aromatic carbocycles. The molecule has 5 nitrogen and oxygen atoms in total. The second-order valence-corrected chi connectivity index (χ2v) is 10.1. The van der Waals surface area contributed by atoms with Crippen LogP contribution in [0.4, 0.5) is 4.79 Å². The van der Waals surface area contributed by atoms with Crippen molar-refractivity contribution in [1.29, 1.82) is 0 Å². The molecule has 1 aromatic heterocycles. The van der Waals surface area contributed by atoms with Crippen molar-refractivity contribution in [3.8, 4) is 5.75 Å². The van der Waals surface area contributed by atoms with Gasteiger partial charge in [0.2, 0.25) is 0 Å². The van der Waals surface area contributed by atoms with Crippen LogP contribution in [0.25, 0.3) is 0 Å². The predicted octanol–water partition coefficient (Wildman–Crippen LogP) is 4.58. The van der Waals surface area contributed by atoms with Crippen molar-refractivity contribution in [2.45, 2.75) is 56.7 Å². The molecule has 30 heavy (non-hydrogen) atoms. The number of hydrogen-bond acceptors (Lipinski definition) is 2. The van der Waals surface area contributed by atoms with E-state index in [0.29, 0.717) is 0 Å². The normalized spacial score (nSPS) is 34.0. The van der Waals surface area contributed by atoms with Gasteiger partial charge in [-0.15, -0.1) is 0 Å². The van der Waals surface area contributed by atoms with E-state index in [2.05, 4.69) is 45.2 Å². The summed E-state index contributed by atoms with van der Waals surface area (Å²) in [7, 11) is 1.69. The van der Waals surface area contributed by atoms with Crippen LogP contribution >= 0.6 is 0 Å². The number of fused-ring (bicyclic) bond motifs is 1. The van der Waals surface area contributed by atoms with E-state index in [0.717, 1.165) is 42.2 Å². The molecule has 0 spiro atoms. The number of rotatable bonds is 3. The molecule has 2 heterocycles. The standard InChI is InChI=1S/C25H31N3O2/c1-30-21-5-2-4-20(13-21)23-22-6-3-7-27(22)8-9-28(23)24(29)26-25-14-17-10-18(15-25)12-19(11-17)16-25/h2-7,13,17-19,23H,8-12,14-16H2,1H3,(H,26,29). The number of nitrogens with one attached hydrogen (secondary N) is 1. The first-order chi connectivity index (χ1) is 14.6. The predicted molar refractivity (Wildman–Crippen MR) is 115 cm³/mol. The quantitative estimate of drug-likeness (QED) is 0.812. The first kappa shape index (κ1) is 18.3. The van der Waals surface area contributed by atoms with Gasteiger partial charge in [0.1, 0.15) is 5.75 Å². The third-order valence-electron chi connectivity index (χ3n) is 8.12. The highest BCUT2D eigenvalue weighted by atomic mass is 16.5. The lowest BCUT2D eigenvalue weighted by molar-refractivity contribution is -0.0165. The molecule has 0 radical (unpaired) electrons. The van der Waals surface area contributed by atoms with Crippen molar-refractivity contribution in [2.75, 3.05) is 13.7 Å². The van der Waals surface area contributed by atoms with Gasteiger partial charge in [-0.1, -0.05) is 12.1 Å². The number of amides is 2. The van der Waals surface area contributed by atoms with Crippen molar-refractivity contribution >= 4 is 6.03 Å². The Balaban J connectivity index is 1.31. The summed E-state index contributed by atoms with van der Waals surface area (Å²) >= 11 is 0. The van der Waals surface area contributed by atoms with Crippen LogP contribution in [-0.4, -0.2) is 34.7 Å². The maximum absolute atomic E-state index is 13.7. The Morgan fingerprint density at radius 1 is 1.03 bits per heavy atom. The van der Waals surface area contributed by atoms with Crippen LogP contribution in [0.5, 0.6) is 5.75 Å². The number of methoxy groups -OCH3 is 1. The summed E-state index contributed by atoms with van der Waals surface area (Å²) < 4.78 is 7.75. The van der Waals surface area contributed by atoms with Gasteiger partial charge < -0.3 is 19.5 Å². The minimum atomic E-state index is -0.0854. The van der Waals surface area contributed by atoms with Crippen LogP contribution in [0.2, 0.25) is 0 Å². The van der Waals surface area contributed by atoms with E-state index >= 15 is 0 Å². The van der Waals surface area contributed by atoms with E-state index in [-0.39, 0.29) is 17.6 Å². The number of carbonyl (C=O) groups excluding carboxylic acids is 1. The lowest BCUT2D eigenvalue weighted by Gasteiger charge is -2.57. The van der Waals surface area contributed by atoms with Crippen LogP contribution in [0.1, 0.15) is 55.8 Å². The average Bonchev–Trinajstić information content (AvgIpc) is 3.20. The van der Waals surface area contributed by atoms with Gasteiger partial charge in [-0.3, -0.25) is 0 Å². The van der Waals surface area contributed by atoms with Crippen LogP contribution in [0, 0.1) is 17.8 Å². The Morgan fingerprint density at radius 3 is 2.47 bits per heavy atom. The molecule has 1 aliphatic heterocycles. The van der Waals surface area contributed by atoms with Crippen molar-refractivity contribution in [1.82, 2.24) is 14.8 Å². The SMILES string of the molecule is COc1cccc(C2c3cccn3CCN2C(=O)NC23CC4CC(CC(C4)C2)C3)c1. The molecule has 158 valence electrons. The Hall–Kier alpha value is -2.43. The van der Waals surface area contributed by atoms with E-state index in [1.165, 1.54) is 44.2 Å². The van der Waals surface area contributed by atoms with Crippen molar-refractivity contribution < 1.29 is 9.53 Å². The van der Waals surface area contributed by atoms with Crippen LogP contribution in [0.3, 0.4) is 0 Å². The second-order valence-electron chi connectivity index (χ2n) is 10.1. The monoisotopic (exact) mass is 405 g/mol. The number of carbonyl (C=O) groups is 1. The second kappa shape index (κ2) is 6.79. The number of benzene rings is 1. The zero-order chi connectivity index (χ0) is 20.3. The first-order valence-corrected chi connectivity index (χ1v) is 11.5. The average molecular weight is 406 g/mol. The number of ether oxygens (including phenoxy) is 1. The van der Waals surface area contributed by atoms with Crippen molar-refractivity contribution in [3.05, 3.63) is 53.9 Å². The van der Waals surface area contributed by atoms with E-state index in [9.17, 15) is 4.79 Å². The molecule has 0 saturated heterocycles. The zero-order valence-corrected chi connectivity index (χ0v) is 17.7. The van der Waals surface area contributed by atoms with Gasteiger partial charge in [-0.25, -0.2) is 4.79 Å². The Labute approximate surface area is 178 Å². The maximum Gasteiger partial charge on any atom is 0.318 e. The van der Waals surface area contributed by atoms with Gasteiger partial charge in [0.25, 0.3) is 0 Å². The van der Waals surface area contributed by atoms with E-state index < -0.39 is 0 Å². The smallest absolute Gasteiger partial charge is 0.318 e. The summed E-state index contributed by atoms with van der Waals surface area (Å²) in [6.07, 6.45) is 9.82. The molecule has 1 N–H and O–H groups in total. The van der Waals surface area contributed by atoms with Crippen LogP contribution < -0.4 is 10.1 Å². The van der Waals surface area contributed by atoms with E-state index in [4.69, 9.17) is 4.74 Å². The van der Waals surface area contributed by atoms with Crippen molar-refractivity contribution in [2.24, 2.45) is 17.8 Å². The molecule has 4 fully saturated rings. The lowest BCUT2D eigenvalue weighted by Crippen LogP contribution is -2.62. The molecule has 2 aromatic rings. The van der Waals surface area contributed by atoms with E-state index in [1.807, 2.05) is 12.1 Å². The van der Waals surface area contributed by atoms with Gasteiger partial charge in [0.05, 0.1) is 13.2 Å². The van der Waals surface area contributed by atoms with Gasteiger partial charge >= 0.3 is 6.03 Å². The number of hydrogen-bond donors (Lipinski definition) is 1. The van der Waals surface area contributed by atoms with Gasteiger partial charge in [0.15, 0.2) is 0 Å². The molecule has 1 atom stereocenters. The molecule has 5 aliphatic rings. The molecular weight excluding hydrogens is 374 g/mol. The summed E-state index contributed by atoms with van der Waals surface area (Å²) in [5.41, 5.74) is 2.31. The van der Waals surface area contributed by atoms with Gasteiger partial charge in [-0.05, 0) is 86.1 Å². The molecule has 2 amide bonds. The largest absolute Gasteiger partial charge is 0.497 e. The topological polar surface area (TPSA) is 46.5 Å². The zero-order valence-electron chi connectivity index (χ0n) is 17.7. The fourth-order valence-electron chi connectivity index (χ4n) is 7.33. The Morgan fingerprint density at radius 2 is 1.77 bits per heavy atom. The molecule has 7 rings (SSSR count). The molecular formula is C25H31N3O2. The summed E-state index contributed by atoms with van der Waals surface area (Å²) in [4.78, 5) is 15.8.